The van der Waals surface area contributed by atoms with Gasteiger partial charge in [0.05, 0.1) is 0 Å². The van der Waals surface area contributed by atoms with Crippen molar-refractivity contribution in [3.63, 3.8) is 0 Å². The summed E-state index contributed by atoms with van der Waals surface area (Å²) in [6.45, 7) is 6.29. The number of hydrogen-bond acceptors (Lipinski definition) is 2. The summed E-state index contributed by atoms with van der Waals surface area (Å²) in [5.41, 5.74) is 1.25. The summed E-state index contributed by atoms with van der Waals surface area (Å²) >= 11 is 0. The van der Waals surface area contributed by atoms with Crippen LogP contribution >= 0.6 is 0 Å². The lowest BCUT2D eigenvalue weighted by atomic mass is 10.1. The lowest BCUT2D eigenvalue weighted by molar-refractivity contribution is 0.791. The van der Waals surface area contributed by atoms with Crippen LogP contribution in [0.15, 0.2) is 21.6 Å². The predicted molar refractivity (Wildman–Crippen MR) is 49.4 cm³/mol. The fourth-order valence-electron chi connectivity index (χ4n) is 0.871. The standard InChI is InChI=1S/C9H14N2/c1-7(2)9-4-5-10-8(3)11-6-9/h4-8H,1-3H3. The summed E-state index contributed by atoms with van der Waals surface area (Å²) in [4.78, 5) is 8.39. The van der Waals surface area contributed by atoms with E-state index in [1.807, 2.05) is 25.4 Å². The zero-order valence-electron chi connectivity index (χ0n) is 7.28. The topological polar surface area (TPSA) is 24.7 Å². The Morgan fingerprint density at radius 1 is 1.36 bits per heavy atom. The van der Waals surface area contributed by atoms with Crippen LogP contribution in [-0.4, -0.2) is 18.6 Å². The minimum atomic E-state index is 0.0856. The first-order valence-corrected chi connectivity index (χ1v) is 3.96. The number of nitrogens with zero attached hydrogens (tertiary/aromatic N) is 2. The molecule has 0 aromatic heterocycles. The molecule has 0 radical (unpaired) electrons. The Morgan fingerprint density at radius 2 is 2.09 bits per heavy atom. The van der Waals surface area contributed by atoms with Crippen LogP contribution < -0.4 is 0 Å². The third kappa shape index (κ3) is 2.30. The van der Waals surface area contributed by atoms with Gasteiger partial charge in [0.15, 0.2) is 0 Å². The Kier molecular flexibility index (Phi) is 2.58. The maximum Gasteiger partial charge on any atom is 0.136 e. The summed E-state index contributed by atoms with van der Waals surface area (Å²) in [7, 11) is 0. The van der Waals surface area contributed by atoms with E-state index in [2.05, 4.69) is 23.8 Å². The van der Waals surface area contributed by atoms with Gasteiger partial charge in [0.25, 0.3) is 0 Å². The normalized spacial score (nSPS) is 23.6. The molecule has 0 amide bonds. The second-order valence-corrected chi connectivity index (χ2v) is 3.03. The van der Waals surface area contributed by atoms with Crippen LogP contribution in [0.5, 0.6) is 0 Å². The third-order valence-corrected chi connectivity index (χ3v) is 1.67. The van der Waals surface area contributed by atoms with Crippen LogP contribution in [-0.2, 0) is 0 Å². The Balaban J connectivity index is 2.76. The van der Waals surface area contributed by atoms with Crippen molar-refractivity contribution in [1.29, 1.82) is 0 Å². The number of aliphatic imine (C=N–C) groups is 2. The van der Waals surface area contributed by atoms with Crippen molar-refractivity contribution in [3.05, 3.63) is 11.6 Å². The molecule has 0 fully saturated rings. The average Bonchev–Trinajstić information content (AvgIpc) is 2.13. The fourth-order valence-corrected chi connectivity index (χ4v) is 0.871. The van der Waals surface area contributed by atoms with Gasteiger partial charge in [-0.3, -0.25) is 9.98 Å². The number of hydrogen-bond donors (Lipinski definition) is 0. The van der Waals surface area contributed by atoms with Crippen molar-refractivity contribution in [1.82, 2.24) is 0 Å². The molecule has 1 unspecified atom stereocenters. The number of rotatable bonds is 1. The molecule has 0 aromatic rings. The minimum absolute atomic E-state index is 0.0856. The molecule has 0 spiro atoms. The second kappa shape index (κ2) is 3.46. The monoisotopic (exact) mass is 150 g/mol. The van der Waals surface area contributed by atoms with E-state index < -0.39 is 0 Å². The van der Waals surface area contributed by atoms with Crippen LogP contribution in [0.4, 0.5) is 0 Å². The zero-order valence-corrected chi connectivity index (χ0v) is 7.28. The highest BCUT2D eigenvalue weighted by molar-refractivity contribution is 5.88. The molecule has 0 N–H and O–H groups in total. The van der Waals surface area contributed by atoms with Gasteiger partial charge in [-0.05, 0) is 24.5 Å². The molecule has 2 nitrogen and oxygen atoms in total. The van der Waals surface area contributed by atoms with E-state index in [-0.39, 0.29) is 6.17 Å². The largest absolute Gasteiger partial charge is 0.267 e. The van der Waals surface area contributed by atoms with E-state index in [4.69, 9.17) is 0 Å². The van der Waals surface area contributed by atoms with Gasteiger partial charge in [-0.1, -0.05) is 13.8 Å². The highest BCUT2D eigenvalue weighted by Gasteiger charge is 2.01. The van der Waals surface area contributed by atoms with Crippen molar-refractivity contribution in [2.24, 2.45) is 15.9 Å². The van der Waals surface area contributed by atoms with Crippen molar-refractivity contribution in [2.75, 3.05) is 0 Å². The zero-order chi connectivity index (χ0) is 8.27. The van der Waals surface area contributed by atoms with Gasteiger partial charge in [0.1, 0.15) is 6.17 Å². The SMILES string of the molecule is CC1N=CC=C(C(C)C)C=N1. The molecule has 60 valence electrons. The molecule has 0 saturated heterocycles. The van der Waals surface area contributed by atoms with Crippen LogP contribution in [0, 0.1) is 5.92 Å². The van der Waals surface area contributed by atoms with Crippen LogP contribution in [0.1, 0.15) is 20.8 Å². The van der Waals surface area contributed by atoms with E-state index in [0.29, 0.717) is 5.92 Å². The fraction of sp³-hybridized carbons (Fsp3) is 0.556. The van der Waals surface area contributed by atoms with E-state index >= 15 is 0 Å². The van der Waals surface area contributed by atoms with Gasteiger partial charge >= 0.3 is 0 Å². The van der Waals surface area contributed by atoms with E-state index in [1.54, 1.807) is 0 Å². The smallest absolute Gasteiger partial charge is 0.136 e. The van der Waals surface area contributed by atoms with Gasteiger partial charge < -0.3 is 0 Å². The van der Waals surface area contributed by atoms with Gasteiger partial charge in [-0.15, -0.1) is 0 Å². The van der Waals surface area contributed by atoms with Crippen molar-refractivity contribution in [2.45, 2.75) is 26.9 Å². The first kappa shape index (κ1) is 8.18. The van der Waals surface area contributed by atoms with Gasteiger partial charge in [0.2, 0.25) is 0 Å². The van der Waals surface area contributed by atoms with Gasteiger partial charge in [-0.2, -0.15) is 0 Å². The number of allylic oxidation sites excluding steroid dienone is 2. The summed E-state index contributed by atoms with van der Waals surface area (Å²) in [6.07, 6.45) is 5.87. The van der Waals surface area contributed by atoms with E-state index in [0.717, 1.165) is 0 Å². The van der Waals surface area contributed by atoms with Crippen molar-refractivity contribution in [3.8, 4) is 0 Å². The molecule has 2 heteroatoms. The second-order valence-electron chi connectivity index (χ2n) is 3.03. The molecule has 0 aromatic carbocycles. The van der Waals surface area contributed by atoms with E-state index in [9.17, 15) is 0 Å². The van der Waals surface area contributed by atoms with Gasteiger partial charge in [0, 0.05) is 12.4 Å². The molecule has 1 heterocycles. The van der Waals surface area contributed by atoms with Gasteiger partial charge in [-0.25, -0.2) is 0 Å². The van der Waals surface area contributed by atoms with Crippen molar-refractivity contribution < 1.29 is 0 Å². The molecular formula is C9H14N2. The Hall–Kier alpha value is -0.920. The highest BCUT2D eigenvalue weighted by atomic mass is 15.0. The summed E-state index contributed by atoms with van der Waals surface area (Å²) in [5.74, 6) is 0.537. The lowest BCUT2D eigenvalue weighted by Gasteiger charge is -2.02. The molecule has 1 rings (SSSR count). The Morgan fingerprint density at radius 3 is 2.73 bits per heavy atom. The minimum Gasteiger partial charge on any atom is -0.267 e. The maximum atomic E-state index is 4.24. The molecule has 1 aliphatic heterocycles. The molecule has 0 aliphatic carbocycles. The first-order valence-electron chi connectivity index (χ1n) is 3.96. The average molecular weight is 150 g/mol. The quantitative estimate of drug-likeness (QED) is 0.546. The predicted octanol–water partition coefficient (Wildman–Crippen LogP) is 2.07. The first-order chi connectivity index (χ1) is 5.20. The molecule has 1 aliphatic rings. The van der Waals surface area contributed by atoms with Crippen LogP contribution in [0.2, 0.25) is 0 Å². The summed E-state index contributed by atoms with van der Waals surface area (Å²) < 4.78 is 0. The third-order valence-electron chi connectivity index (χ3n) is 1.67. The molecule has 11 heavy (non-hydrogen) atoms. The Labute approximate surface area is 67.8 Å². The summed E-state index contributed by atoms with van der Waals surface area (Å²) in [5, 5.41) is 0. The molecule has 0 bridgehead atoms. The summed E-state index contributed by atoms with van der Waals surface area (Å²) in [6, 6.07) is 0. The van der Waals surface area contributed by atoms with Crippen LogP contribution in [0.25, 0.3) is 0 Å². The van der Waals surface area contributed by atoms with E-state index in [1.165, 1.54) is 5.57 Å². The molecular weight excluding hydrogens is 136 g/mol. The lowest BCUT2D eigenvalue weighted by Crippen LogP contribution is -1.96. The highest BCUT2D eigenvalue weighted by Crippen LogP contribution is 2.08. The van der Waals surface area contributed by atoms with Crippen LogP contribution in [0.3, 0.4) is 0 Å². The van der Waals surface area contributed by atoms with Crippen molar-refractivity contribution >= 4 is 12.4 Å². The molecule has 0 saturated carbocycles. The molecule has 1 atom stereocenters. The maximum absolute atomic E-state index is 4.24. The Bertz CT molecular complexity index is 212.